The number of amides is 1. The zero-order valence-electron chi connectivity index (χ0n) is 15.1. The average molecular weight is 337 g/mol. The number of carbonyl (C=O) groups excluding carboxylic acids is 2. The minimum atomic E-state index is -0.269. The molecule has 0 fully saturated rings. The van der Waals surface area contributed by atoms with E-state index in [0.717, 1.165) is 18.4 Å². The van der Waals surface area contributed by atoms with E-state index in [4.69, 9.17) is 0 Å². The van der Waals surface area contributed by atoms with E-state index in [2.05, 4.69) is 12.2 Å². The molecular weight excluding hydrogens is 310 g/mol. The van der Waals surface area contributed by atoms with Crippen LogP contribution in [0.1, 0.15) is 66.9 Å². The predicted molar refractivity (Wildman–Crippen MR) is 102 cm³/mol. The van der Waals surface area contributed by atoms with Gasteiger partial charge in [0.25, 0.3) is 0 Å². The molecule has 3 nitrogen and oxygen atoms in total. The molecule has 3 heteroatoms. The largest absolute Gasteiger partial charge is 0.356 e. The first-order valence-electron chi connectivity index (χ1n) is 9.11. The van der Waals surface area contributed by atoms with Gasteiger partial charge in [0.2, 0.25) is 5.91 Å². The smallest absolute Gasteiger partial charge is 0.227 e. The topological polar surface area (TPSA) is 46.2 Å². The van der Waals surface area contributed by atoms with Crippen LogP contribution in [0.3, 0.4) is 0 Å². The molecular formula is C22H27NO2. The molecule has 0 aliphatic carbocycles. The molecule has 1 atom stereocenters. The van der Waals surface area contributed by atoms with Crippen LogP contribution in [0.25, 0.3) is 0 Å². The number of benzene rings is 2. The van der Waals surface area contributed by atoms with Gasteiger partial charge in [-0.2, -0.15) is 0 Å². The van der Waals surface area contributed by atoms with Crippen LogP contribution >= 0.6 is 0 Å². The normalized spacial score (nSPS) is 11.8. The molecule has 2 rings (SSSR count). The lowest BCUT2D eigenvalue weighted by molar-refractivity contribution is -0.122. The van der Waals surface area contributed by atoms with E-state index in [1.165, 1.54) is 12.8 Å². The van der Waals surface area contributed by atoms with Crippen LogP contribution in [-0.2, 0) is 4.79 Å². The number of rotatable bonds is 9. The Hall–Kier alpha value is -2.42. The van der Waals surface area contributed by atoms with E-state index >= 15 is 0 Å². The summed E-state index contributed by atoms with van der Waals surface area (Å²) < 4.78 is 0. The van der Waals surface area contributed by atoms with Gasteiger partial charge in [-0.25, -0.2) is 0 Å². The third kappa shape index (κ3) is 5.56. The second kappa shape index (κ2) is 9.77. The van der Waals surface area contributed by atoms with Gasteiger partial charge in [0, 0.05) is 17.7 Å². The Labute approximate surface area is 150 Å². The Kier molecular flexibility index (Phi) is 7.39. The minimum Gasteiger partial charge on any atom is -0.356 e. The zero-order chi connectivity index (χ0) is 18.1. The molecule has 0 heterocycles. The summed E-state index contributed by atoms with van der Waals surface area (Å²) in [5.74, 6) is -0.273. The highest BCUT2D eigenvalue weighted by molar-refractivity contribution is 6.09. The first-order valence-corrected chi connectivity index (χ1v) is 9.11. The van der Waals surface area contributed by atoms with Gasteiger partial charge in [-0.3, -0.25) is 9.59 Å². The van der Waals surface area contributed by atoms with Crippen molar-refractivity contribution in [1.82, 2.24) is 5.32 Å². The van der Waals surface area contributed by atoms with Crippen LogP contribution in [0.5, 0.6) is 0 Å². The molecule has 0 radical (unpaired) electrons. The number of hydrogen-bond donors (Lipinski definition) is 1. The molecule has 2 aromatic carbocycles. The highest BCUT2D eigenvalue weighted by Crippen LogP contribution is 2.19. The molecule has 0 spiro atoms. The van der Waals surface area contributed by atoms with Crippen molar-refractivity contribution in [3.05, 3.63) is 71.3 Å². The van der Waals surface area contributed by atoms with Gasteiger partial charge < -0.3 is 5.32 Å². The maximum atomic E-state index is 12.6. The number of nitrogens with one attached hydrogen (secondary N) is 1. The van der Waals surface area contributed by atoms with Crippen molar-refractivity contribution in [3.63, 3.8) is 0 Å². The van der Waals surface area contributed by atoms with Crippen LogP contribution in [0.4, 0.5) is 0 Å². The third-order valence-electron chi connectivity index (χ3n) is 4.41. The summed E-state index contributed by atoms with van der Waals surface area (Å²) in [6, 6.07) is 16.6. The molecule has 1 N–H and O–H groups in total. The van der Waals surface area contributed by atoms with E-state index in [1.807, 2.05) is 43.3 Å². The highest BCUT2D eigenvalue weighted by Gasteiger charge is 2.17. The van der Waals surface area contributed by atoms with Crippen molar-refractivity contribution >= 4 is 11.7 Å². The standard InChI is InChI=1S/C22H27NO2/c1-3-4-5-9-15-23-22(25)17(2)19-13-10-14-20(16-19)21(24)18-11-7-6-8-12-18/h6-8,10-14,16-17H,3-5,9,15H2,1-2H3,(H,23,25)/t17-/m0/s1. The van der Waals surface area contributed by atoms with Crippen LogP contribution in [-0.4, -0.2) is 18.2 Å². The lowest BCUT2D eigenvalue weighted by atomic mass is 9.95. The summed E-state index contributed by atoms with van der Waals surface area (Å²) in [6.07, 6.45) is 4.55. The fourth-order valence-corrected chi connectivity index (χ4v) is 2.77. The number of unbranched alkanes of at least 4 members (excludes halogenated alkanes) is 3. The van der Waals surface area contributed by atoms with Gasteiger partial charge >= 0.3 is 0 Å². The quantitative estimate of drug-likeness (QED) is 0.532. The molecule has 2 aromatic rings. The van der Waals surface area contributed by atoms with Crippen molar-refractivity contribution in [2.75, 3.05) is 6.54 Å². The average Bonchev–Trinajstić information content (AvgIpc) is 2.67. The number of hydrogen-bond acceptors (Lipinski definition) is 2. The first kappa shape index (κ1) is 18.9. The lowest BCUT2D eigenvalue weighted by Crippen LogP contribution is -2.29. The van der Waals surface area contributed by atoms with Gasteiger partial charge in [-0.1, -0.05) is 74.7 Å². The van der Waals surface area contributed by atoms with Crippen molar-refractivity contribution in [2.45, 2.75) is 45.4 Å². The number of carbonyl (C=O) groups is 2. The molecule has 0 saturated carbocycles. The Balaban J connectivity index is 2.00. The Morgan fingerprint density at radius 1 is 0.920 bits per heavy atom. The summed E-state index contributed by atoms with van der Waals surface area (Å²) in [5, 5.41) is 3.00. The van der Waals surface area contributed by atoms with Gasteiger partial charge in [-0.05, 0) is 25.0 Å². The second-order valence-electron chi connectivity index (χ2n) is 6.39. The summed E-state index contributed by atoms with van der Waals surface area (Å²) in [7, 11) is 0. The summed E-state index contributed by atoms with van der Waals surface area (Å²) in [4.78, 5) is 24.9. The molecule has 132 valence electrons. The fraction of sp³-hybridized carbons (Fsp3) is 0.364. The highest BCUT2D eigenvalue weighted by atomic mass is 16.1. The van der Waals surface area contributed by atoms with Gasteiger partial charge in [0.05, 0.1) is 5.92 Å². The molecule has 25 heavy (non-hydrogen) atoms. The molecule has 0 aromatic heterocycles. The summed E-state index contributed by atoms with van der Waals surface area (Å²) >= 11 is 0. The molecule has 1 amide bonds. The Bertz CT molecular complexity index is 694. The van der Waals surface area contributed by atoms with E-state index in [0.29, 0.717) is 17.7 Å². The van der Waals surface area contributed by atoms with Gasteiger partial charge in [-0.15, -0.1) is 0 Å². The predicted octanol–water partition coefficient (Wildman–Crippen LogP) is 4.72. The fourth-order valence-electron chi connectivity index (χ4n) is 2.77. The summed E-state index contributed by atoms with van der Waals surface area (Å²) in [5.41, 5.74) is 2.15. The maximum Gasteiger partial charge on any atom is 0.227 e. The van der Waals surface area contributed by atoms with Crippen molar-refractivity contribution in [1.29, 1.82) is 0 Å². The minimum absolute atomic E-state index is 0.0146. The van der Waals surface area contributed by atoms with Gasteiger partial charge in [0.15, 0.2) is 5.78 Å². The SMILES string of the molecule is CCCCCCNC(=O)[C@@H](C)c1cccc(C(=O)c2ccccc2)c1. The lowest BCUT2D eigenvalue weighted by Gasteiger charge is -2.13. The van der Waals surface area contributed by atoms with E-state index in [-0.39, 0.29) is 17.6 Å². The maximum absolute atomic E-state index is 12.6. The number of ketones is 1. The molecule has 0 aliphatic rings. The molecule has 0 unspecified atom stereocenters. The third-order valence-corrected chi connectivity index (χ3v) is 4.41. The monoisotopic (exact) mass is 337 g/mol. The second-order valence-corrected chi connectivity index (χ2v) is 6.39. The van der Waals surface area contributed by atoms with Gasteiger partial charge in [0.1, 0.15) is 0 Å². The van der Waals surface area contributed by atoms with E-state index in [9.17, 15) is 9.59 Å². The van der Waals surface area contributed by atoms with Crippen molar-refractivity contribution in [2.24, 2.45) is 0 Å². The van der Waals surface area contributed by atoms with E-state index < -0.39 is 0 Å². The molecule has 0 bridgehead atoms. The van der Waals surface area contributed by atoms with Crippen molar-refractivity contribution < 1.29 is 9.59 Å². The first-order chi connectivity index (χ1) is 12.1. The van der Waals surface area contributed by atoms with Crippen LogP contribution in [0, 0.1) is 0 Å². The van der Waals surface area contributed by atoms with Crippen LogP contribution in [0.15, 0.2) is 54.6 Å². The zero-order valence-corrected chi connectivity index (χ0v) is 15.1. The van der Waals surface area contributed by atoms with E-state index in [1.54, 1.807) is 18.2 Å². The van der Waals surface area contributed by atoms with Crippen LogP contribution in [0.2, 0.25) is 0 Å². The Morgan fingerprint density at radius 2 is 1.64 bits per heavy atom. The molecule has 0 aliphatic heterocycles. The summed E-state index contributed by atoms with van der Waals surface area (Å²) in [6.45, 7) is 4.77. The van der Waals surface area contributed by atoms with Crippen molar-refractivity contribution in [3.8, 4) is 0 Å². The Morgan fingerprint density at radius 3 is 2.36 bits per heavy atom. The molecule has 0 saturated heterocycles. The van der Waals surface area contributed by atoms with Crippen LogP contribution < -0.4 is 5.32 Å².